The maximum atomic E-state index is 5.04. The summed E-state index contributed by atoms with van der Waals surface area (Å²) in [6.45, 7) is 0. The third-order valence-corrected chi connectivity index (χ3v) is 7.33. The SMILES string of the molecule is c1ccc(-n2ccc3c4cc5c6ccccc6n(-c6ccc7ccccc7n6)c5cc4ccc32)cc1. The maximum absolute atomic E-state index is 5.04. The molecule has 0 amide bonds. The number of fused-ring (bicyclic) bond motifs is 7. The largest absolute Gasteiger partial charge is 0.317 e. The molecule has 0 radical (unpaired) electrons. The number of nitrogens with zero attached hydrogens (tertiary/aromatic N) is 3. The number of para-hydroxylation sites is 3. The van der Waals surface area contributed by atoms with Gasteiger partial charge in [-0.1, -0.05) is 60.7 Å². The van der Waals surface area contributed by atoms with E-state index in [1.54, 1.807) is 0 Å². The Hall–Kier alpha value is -4.89. The van der Waals surface area contributed by atoms with Gasteiger partial charge in [0, 0.05) is 33.4 Å². The maximum Gasteiger partial charge on any atom is 0.138 e. The van der Waals surface area contributed by atoms with Gasteiger partial charge in [-0.2, -0.15) is 0 Å². The second-order valence-electron chi connectivity index (χ2n) is 9.32. The average molecular weight is 460 g/mol. The molecule has 36 heavy (non-hydrogen) atoms. The molecular weight excluding hydrogens is 438 g/mol. The van der Waals surface area contributed by atoms with E-state index >= 15 is 0 Å². The van der Waals surface area contributed by atoms with Crippen molar-refractivity contribution in [3.05, 3.63) is 128 Å². The molecule has 0 bridgehead atoms. The van der Waals surface area contributed by atoms with Gasteiger partial charge in [0.2, 0.25) is 0 Å². The Morgan fingerprint density at radius 2 is 1.25 bits per heavy atom. The van der Waals surface area contributed by atoms with Gasteiger partial charge in [0.05, 0.1) is 22.1 Å². The van der Waals surface area contributed by atoms with Crippen LogP contribution < -0.4 is 0 Å². The minimum Gasteiger partial charge on any atom is -0.317 e. The number of aromatic nitrogens is 3. The van der Waals surface area contributed by atoms with Crippen LogP contribution in [-0.4, -0.2) is 14.1 Å². The minimum absolute atomic E-state index is 0.940. The van der Waals surface area contributed by atoms with Crippen LogP contribution in [0.15, 0.2) is 128 Å². The van der Waals surface area contributed by atoms with Crippen LogP contribution >= 0.6 is 0 Å². The van der Waals surface area contributed by atoms with E-state index in [9.17, 15) is 0 Å². The molecule has 0 saturated heterocycles. The predicted octanol–water partition coefficient (Wildman–Crippen LogP) is 8.43. The molecule has 168 valence electrons. The van der Waals surface area contributed by atoms with Crippen molar-refractivity contribution >= 4 is 54.4 Å². The number of hydrogen-bond acceptors (Lipinski definition) is 1. The van der Waals surface area contributed by atoms with Gasteiger partial charge >= 0.3 is 0 Å². The first kappa shape index (κ1) is 19.4. The molecule has 3 heterocycles. The monoisotopic (exact) mass is 459 g/mol. The number of hydrogen-bond donors (Lipinski definition) is 0. The molecule has 0 saturated carbocycles. The molecule has 0 aliphatic carbocycles. The van der Waals surface area contributed by atoms with Crippen LogP contribution in [0.3, 0.4) is 0 Å². The molecule has 3 nitrogen and oxygen atoms in total. The van der Waals surface area contributed by atoms with E-state index in [1.807, 2.05) is 6.07 Å². The third kappa shape index (κ3) is 2.71. The number of pyridine rings is 1. The standard InChI is InChI=1S/C33H21N3/c1-2-9-24(10-3-1)35-19-18-26-27-21-28-25-11-5-7-13-31(25)36(32(28)20-23(27)14-16-30(26)35)33-17-15-22-8-4-6-12-29(22)34-33/h1-21H. The summed E-state index contributed by atoms with van der Waals surface area (Å²) in [6.07, 6.45) is 2.17. The lowest BCUT2D eigenvalue weighted by Gasteiger charge is -2.10. The molecule has 8 rings (SSSR count). The molecule has 3 aromatic heterocycles. The summed E-state index contributed by atoms with van der Waals surface area (Å²) in [6, 6.07) is 43.1. The Morgan fingerprint density at radius 1 is 0.472 bits per heavy atom. The first-order chi connectivity index (χ1) is 17.8. The fraction of sp³-hybridized carbons (Fsp3) is 0. The first-order valence-corrected chi connectivity index (χ1v) is 12.2. The average Bonchev–Trinajstić information content (AvgIpc) is 3.51. The zero-order valence-corrected chi connectivity index (χ0v) is 19.5. The lowest BCUT2D eigenvalue weighted by Crippen LogP contribution is -1.97. The van der Waals surface area contributed by atoms with Crippen molar-refractivity contribution < 1.29 is 0 Å². The Balaban J connectivity index is 1.45. The molecule has 0 aliphatic heterocycles. The van der Waals surface area contributed by atoms with Crippen LogP contribution in [0, 0.1) is 0 Å². The lowest BCUT2D eigenvalue weighted by atomic mass is 10.0. The van der Waals surface area contributed by atoms with Gasteiger partial charge in [-0.15, -0.1) is 0 Å². The van der Waals surface area contributed by atoms with Crippen LogP contribution in [0.4, 0.5) is 0 Å². The Labute approximate surface area is 207 Å². The molecule has 5 aromatic carbocycles. The zero-order chi connectivity index (χ0) is 23.6. The summed E-state index contributed by atoms with van der Waals surface area (Å²) in [4.78, 5) is 5.04. The third-order valence-electron chi connectivity index (χ3n) is 7.33. The van der Waals surface area contributed by atoms with E-state index in [0.717, 1.165) is 16.7 Å². The quantitative estimate of drug-likeness (QED) is 0.254. The van der Waals surface area contributed by atoms with E-state index in [0.29, 0.717) is 0 Å². The number of rotatable bonds is 2. The summed E-state index contributed by atoms with van der Waals surface area (Å²) in [5, 5.41) is 7.39. The highest BCUT2D eigenvalue weighted by Crippen LogP contribution is 2.37. The highest BCUT2D eigenvalue weighted by atomic mass is 15.1. The summed E-state index contributed by atoms with van der Waals surface area (Å²) in [7, 11) is 0. The molecule has 0 unspecified atom stereocenters. The molecule has 8 aromatic rings. The summed E-state index contributed by atoms with van der Waals surface area (Å²) in [5.74, 6) is 0.940. The van der Waals surface area contributed by atoms with Crippen LogP contribution in [0.25, 0.3) is 65.9 Å². The van der Waals surface area contributed by atoms with Crippen molar-refractivity contribution in [2.75, 3.05) is 0 Å². The minimum atomic E-state index is 0.940. The van der Waals surface area contributed by atoms with Crippen LogP contribution in [-0.2, 0) is 0 Å². The molecule has 0 spiro atoms. The van der Waals surface area contributed by atoms with Gasteiger partial charge in [-0.3, -0.25) is 4.57 Å². The van der Waals surface area contributed by atoms with E-state index < -0.39 is 0 Å². The van der Waals surface area contributed by atoms with Gasteiger partial charge in [-0.05, 0) is 71.4 Å². The van der Waals surface area contributed by atoms with Crippen molar-refractivity contribution in [2.24, 2.45) is 0 Å². The first-order valence-electron chi connectivity index (χ1n) is 12.2. The normalized spacial score (nSPS) is 11.9. The molecular formula is C33H21N3. The van der Waals surface area contributed by atoms with Crippen molar-refractivity contribution in [1.82, 2.24) is 14.1 Å². The number of benzene rings is 5. The van der Waals surface area contributed by atoms with E-state index in [4.69, 9.17) is 4.98 Å². The van der Waals surface area contributed by atoms with Crippen LogP contribution in [0.5, 0.6) is 0 Å². The van der Waals surface area contributed by atoms with Gasteiger partial charge in [0.25, 0.3) is 0 Å². The molecule has 3 heteroatoms. The predicted molar refractivity (Wildman–Crippen MR) is 150 cm³/mol. The van der Waals surface area contributed by atoms with Crippen molar-refractivity contribution in [2.45, 2.75) is 0 Å². The van der Waals surface area contributed by atoms with Gasteiger partial charge < -0.3 is 4.57 Å². The smallest absolute Gasteiger partial charge is 0.138 e. The fourth-order valence-corrected chi connectivity index (χ4v) is 5.65. The van der Waals surface area contributed by atoms with Gasteiger partial charge in [0.1, 0.15) is 5.82 Å². The van der Waals surface area contributed by atoms with Crippen molar-refractivity contribution in [1.29, 1.82) is 0 Å². The van der Waals surface area contributed by atoms with Crippen molar-refractivity contribution in [3.63, 3.8) is 0 Å². The highest BCUT2D eigenvalue weighted by Gasteiger charge is 2.16. The van der Waals surface area contributed by atoms with Crippen molar-refractivity contribution in [3.8, 4) is 11.5 Å². The second-order valence-corrected chi connectivity index (χ2v) is 9.32. The molecule has 0 fully saturated rings. The van der Waals surface area contributed by atoms with E-state index in [2.05, 4.69) is 131 Å². The van der Waals surface area contributed by atoms with Crippen LogP contribution in [0.2, 0.25) is 0 Å². The molecule has 0 N–H and O–H groups in total. The Bertz CT molecular complexity index is 2100. The summed E-state index contributed by atoms with van der Waals surface area (Å²) in [5.41, 5.74) is 5.74. The van der Waals surface area contributed by atoms with E-state index in [-0.39, 0.29) is 0 Å². The second kappa shape index (κ2) is 7.30. The summed E-state index contributed by atoms with van der Waals surface area (Å²) < 4.78 is 4.57. The molecule has 0 atom stereocenters. The zero-order valence-electron chi connectivity index (χ0n) is 19.5. The molecule has 0 aliphatic rings. The highest BCUT2D eigenvalue weighted by molar-refractivity contribution is 6.18. The Morgan fingerprint density at radius 3 is 2.19 bits per heavy atom. The Kier molecular flexibility index (Phi) is 3.94. The summed E-state index contributed by atoms with van der Waals surface area (Å²) >= 11 is 0. The van der Waals surface area contributed by atoms with Gasteiger partial charge in [0.15, 0.2) is 0 Å². The van der Waals surface area contributed by atoms with Crippen LogP contribution in [0.1, 0.15) is 0 Å². The van der Waals surface area contributed by atoms with Gasteiger partial charge in [-0.25, -0.2) is 4.98 Å². The lowest BCUT2D eigenvalue weighted by molar-refractivity contribution is 1.10. The fourth-order valence-electron chi connectivity index (χ4n) is 5.65. The van der Waals surface area contributed by atoms with E-state index in [1.165, 1.54) is 49.2 Å². The topological polar surface area (TPSA) is 22.8 Å².